The Morgan fingerprint density at radius 2 is 0.493 bits per heavy atom. The molecule has 6 heteroatoms. The predicted molar refractivity (Wildman–Crippen MR) is 289 cm³/mol. The number of hydrogen-bond acceptors (Lipinski definition) is 6. The second kappa shape index (κ2) is 56.7. The van der Waals surface area contributed by atoms with Crippen LogP contribution in [0.15, 0.2) is 12.2 Å². The van der Waals surface area contributed by atoms with Crippen molar-refractivity contribution in [3.8, 4) is 0 Å². The number of carbonyl (C=O) groups is 3. The van der Waals surface area contributed by atoms with Gasteiger partial charge in [-0.2, -0.15) is 0 Å². The molecule has 0 aromatic heterocycles. The average molecular weight is 946 g/mol. The van der Waals surface area contributed by atoms with Gasteiger partial charge in [0.25, 0.3) is 0 Å². The normalized spacial score (nSPS) is 12.0. The van der Waals surface area contributed by atoms with Crippen LogP contribution in [0.3, 0.4) is 0 Å². The summed E-state index contributed by atoms with van der Waals surface area (Å²) in [6.45, 7) is 6.65. The molecule has 1 unspecified atom stereocenters. The standard InChI is InChI=1S/C61H116O6/c1-4-7-10-13-16-19-21-23-24-25-26-27-28-29-30-31-32-33-34-35-36-38-39-42-45-48-51-54-60(63)66-57-58(56-65-59(62)53-50-47-44-41-18-15-12-9-6-3)67-61(64)55-52-49-46-43-40-37-22-20-17-14-11-8-5-2/h20,22,58H,4-19,21,23-57H2,1-3H3/b22-20-. The number of ether oxygens (including phenoxy) is 3. The quantitative estimate of drug-likeness (QED) is 0.0262. The maximum Gasteiger partial charge on any atom is 0.306 e. The van der Waals surface area contributed by atoms with Crippen LogP contribution < -0.4 is 0 Å². The topological polar surface area (TPSA) is 78.9 Å². The van der Waals surface area contributed by atoms with Gasteiger partial charge >= 0.3 is 17.9 Å². The van der Waals surface area contributed by atoms with Crippen molar-refractivity contribution in [2.45, 2.75) is 348 Å². The molecular weight excluding hydrogens is 829 g/mol. The van der Waals surface area contributed by atoms with E-state index in [1.807, 2.05) is 0 Å². The molecule has 0 aliphatic carbocycles. The third kappa shape index (κ3) is 55.0. The molecule has 1 atom stereocenters. The summed E-state index contributed by atoms with van der Waals surface area (Å²) in [6, 6.07) is 0. The molecule has 0 saturated carbocycles. The Morgan fingerprint density at radius 3 is 0.761 bits per heavy atom. The van der Waals surface area contributed by atoms with E-state index in [1.165, 1.54) is 238 Å². The Bertz CT molecular complexity index is 1040. The summed E-state index contributed by atoms with van der Waals surface area (Å²) in [5, 5.41) is 0. The molecule has 0 aliphatic rings. The van der Waals surface area contributed by atoms with Crippen LogP contribution in [-0.2, 0) is 28.6 Å². The van der Waals surface area contributed by atoms with E-state index in [9.17, 15) is 14.4 Å². The lowest BCUT2D eigenvalue weighted by Gasteiger charge is -2.18. The van der Waals surface area contributed by atoms with Crippen molar-refractivity contribution in [2.24, 2.45) is 0 Å². The van der Waals surface area contributed by atoms with Crippen molar-refractivity contribution < 1.29 is 28.6 Å². The Kier molecular flexibility index (Phi) is 55.2. The van der Waals surface area contributed by atoms with E-state index in [4.69, 9.17) is 14.2 Å². The van der Waals surface area contributed by atoms with Crippen LogP contribution in [0, 0.1) is 0 Å². The van der Waals surface area contributed by atoms with Crippen LogP contribution in [0.1, 0.15) is 342 Å². The molecule has 0 amide bonds. The van der Waals surface area contributed by atoms with Gasteiger partial charge in [-0.05, 0) is 44.9 Å². The van der Waals surface area contributed by atoms with Crippen molar-refractivity contribution >= 4 is 17.9 Å². The van der Waals surface area contributed by atoms with Gasteiger partial charge in [0.05, 0.1) is 0 Å². The number of rotatable bonds is 56. The first-order chi connectivity index (χ1) is 33.0. The molecule has 0 aromatic rings. The van der Waals surface area contributed by atoms with Crippen molar-refractivity contribution in [1.82, 2.24) is 0 Å². The van der Waals surface area contributed by atoms with Gasteiger partial charge in [0.15, 0.2) is 6.10 Å². The van der Waals surface area contributed by atoms with Crippen molar-refractivity contribution in [3.05, 3.63) is 12.2 Å². The van der Waals surface area contributed by atoms with Crippen LogP contribution in [0.5, 0.6) is 0 Å². The molecule has 0 heterocycles. The van der Waals surface area contributed by atoms with Gasteiger partial charge in [-0.1, -0.05) is 290 Å². The molecule has 0 bridgehead atoms. The highest BCUT2D eigenvalue weighted by molar-refractivity contribution is 5.71. The summed E-state index contributed by atoms with van der Waals surface area (Å²) < 4.78 is 16.8. The molecule has 0 saturated heterocycles. The van der Waals surface area contributed by atoms with Gasteiger partial charge in [-0.3, -0.25) is 14.4 Å². The smallest absolute Gasteiger partial charge is 0.306 e. The highest BCUT2D eigenvalue weighted by Gasteiger charge is 2.19. The zero-order valence-corrected chi connectivity index (χ0v) is 45.5. The minimum Gasteiger partial charge on any atom is -0.462 e. The summed E-state index contributed by atoms with van der Waals surface area (Å²) in [5.74, 6) is -0.858. The summed E-state index contributed by atoms with van der Waals surface area (Å²) in [7, 11) is 0. The zero-order chi connectivity index (χ0) is 48.6. The van der Waals surface area contributed by atoms with Gasteiger partial charge in [0.1, 0.15) is 13.2 Å². The molecule has 0 rings (SSSR count). The number of hydrogen-bond donors (Lipinski definition) is 0. The van der Waals surface area contributed by atoms with Gasteiger partial charge in [0, 0.05) is 19.3 Å². The van der Waals surface area contributed by atoms with Crippen LogP contribution in [-0.4, -0.2) is 37.2 Å². The van der Waals surface area contributed by atoms with Gasteiger partial charge in [-0.15, -0.1) is 0 Å². The van der Waals surface area contributed by atoms with Gasteiger partial charge in [0.2, 0.25) is 0 Å². The third-order valence-electron chi connectivity index (χ3n) is 13.8. The second-order valence-corrected chi connectivity index (χ2v) is 20.6. The zero-order valence-electron chi connectivity index (χ0n) is 45.5. The van der Waals surface area contributed by atoms with Crippen LogP contribution in [0.2, 0.25) is 0 Å². The molecule has 0 radical (unpaired) electrons. The lowest BCUT2D eigenvalue weighted by Crippen LogP contribution is -2.30. The van der Waals surface area contributed by atoms with E-state index in [0.29, 0.717) is 19.3 Å². The number of allylic oxidation sites excluding steroid dienone is 2. The first kappa shape index (κ1) is 65.1. The molecule has 0 aliphatic heterocycles. The van der Waals surface area contributed by atoms with E-state index >= 15 is 0 Å². The van der Waals surface area contributed by atoms with Crippen molar-refractivity contribution in [1.29, 1.82) is 0 Å². The fraction of sp³-hybridized carbons (Fsp3) is 0.918. The highest BCUT2D eigenvalue weighted by atomic mass is 16.6. The van der Waals surface area contributed by atoms with Gasteiger partial charge in [-0.25, -0.2) is 0 Å². The highest BCUT2D eigenvalue weighted by Crippen LogP contribution is 2.18. The Balaban J connectivity index is 4.06. The fourth-order valence-corrected chi connectivity index (χ4v) is 9.21. The summed E-state index contributed by atoms with van der Waals surface area (Å²) in [6.07, 6.45) is 65.2. The second-order valence-electron chi connectivity index (χ2n) is 20.6. The van der Waals surface area contributed by atoms with E-state index < -0.39 is 6.10 Å². The Hall–Kier alpha value is -1.85. The number of unbranched alkanes of at least 4 members (excludes halogenated alkanes) is 43. The lowest BCUT2D eigenvalue weighted by molar-refractivity contribution is -0.167. The van der Waals surface area contributed by atoms with E-state index in [-0.39, 0.29) is 31.1 Å². The molecule has 0 fully saturated rings. The SMILES string of the molecule is CCCCCC/C=C\CCCCCCCC(=O)OC(COC(=O)CCCCCCCCCCC)COC(=O)CCCCCCCCCCCCCCCCCCCCCCCCCCCCC. The third-order valence-corrected chi connectivity index (χ3v) is 13.8. The summed E-state index contributed by atoms with van der Waals surface area (Å²) in [4.78, 5) is 38.0. The molecule has 0 N–H and O–H groups in total. The van der Waals surface area contributed by atoms with E-state index in [0.717, 1.165) is 64.2 Å². The molecule has 0 spiro atoms. The number of carbonyl (C=O) groups excluding carboxylic acids is 3. The average Bonchev–Trinajstić information content (AvgIpc) is 3.33. The Morgan fingerprint density at radius 1 is 0.284 bits per heavy atom. The largest absolute Gasteiger partial charge is 0.462 e. The maximum atomic E-state index is 12.8. The monoisotopic (exact) mass is 945 g/mol. The summed E-state index contributed by atoms with van der Waals surface area (Å²) >= 11 is 0. The van der Waals surface area contributed by atoms with Crippen LogP contribution in [0.25, 0.3) is 0 Å². The fourth-order valence-electron chi connectivity index (χ4n) is 9.21. The first-order valence-corrected chi connectivity index (χ1v) is 30.2. The first-order valence-electron chi connectivity index (χ1n) is 30.2. The minimum atomic E-state index is -0.768. The molecule has 67 heavy (non-hydrogen) atoms. The molecular formula is C61H116O6. The molecule has 396 valence electrons. The predicted octanol–water partition coefficient (Wildman–Crippen LogP) is 20.1. The van der Waals surface area contributed by atoms with Crippen LogP contribution in [0.4, 0.5) is 0 Å². The Labute approximate surface area is 418 Å². The molecule has 6 nitrogen and oxygen atoms in total. The summed E-state index contributed by atoms with van der Waals surface area (Å²) in [5.41, 5.74) is 0. The maximum absolute atomic E-state index is 12.8. The minimum absolute atomic E-state index is 0.0679. The van der Waals surface area contributed by atoms with E-state index in [2.05, 4.69) is 32.9 Å². The van der Waals surface area contributed by atoms with Crippen molar-refractivity contribution in [2.75, 3.05) is 13.2 Å². The van der Waals surface area contributed by atoms with E-state index in [1.54, 1.807) is 0 Å². The van der Waals surface area contributed by atoms with Crippen LogP contribution >= 0.6 is 0 Å². The lowest BCUT2D eigenvalue weighted by atomic mass is 10.0. The number of esters is 3. The molecule has 0 aromatic carbocycles. The van der Waals surface area contributed by atoms with Gasteiger partial charge < -0.3 is 14.2 Å². The van der Waals surface area contributed by atoms with Crippen molar-refractivity contribution in [3.63, 3.8) is 0 Å².